The third kappa shape index (κ3) is 6.07. The van der Waals surface area contributed by atoms with E-state index < -0.39 is 0 Å². The van der Waals surface area contributed by atoms with Crippen LogP contribution in [-0.4, -0.2) is 22.4 Å². The quantitative estimate of drug-likeness (QED) is 0.417. The Bertz CT molecular complexity index is 1040. The second-order valence-electron chi connectivity index (χ2n) is 8.46. The highest BCUT2D eigenvalue weighted by Gasteiger charge is 2.18. The van der Waals surface area contributed by atoms with Crippen molar-refractivity contribution in [3.05, 3.63) is 107 Å². The molecule has 0 saturated heterocycles. The molecule has 164 valence electrons. The number of nitrogens with zero attached hydrogens (tertiary/aromatic N) is 2. The van der Waals surface area contributed by atoms with Crippen LogP contribution in [0.5, 0.6) is 5.75 Å². The monoisotopic (exact) mass is 426 g/mol. The Balaban J connectivity index is 1.49. The Morgan fingerprint density at radius 3 is 2.66 bits per heavy atom. The molecule has 0 fully saturated rings. The molecule has 0 bridgehead atoms. The first kappa shape index (κ1) is 21.8. The van der Waals surface area contributed by atoms with Gasteiger partial charge in [0.25, 0.3) is 5.91 Å². The summed E-state index contributed by atoms with van der Waals surface area (Å²) in [5.74, 6) is 1.43. The fraction of sp³-hybridized carbons (Fsp3) is 0.286. The first-order chi connectivity index (χ1) is 15.7. The smallest absolute Gasteiger partial charge is 0.254 e. The van der Waals surface area contributed by atoms with E-state index in [9.17, 15) is 4.79 Å². The summed E-state index contributed by atoms with van der Waals surface area (Å²) in [5, 5.41) is 0. The number of aryl methyl sites for hydroxylation is 1. The molecule has 3 aromatic rings. The zero-order chi connectivity index (χ0) is 22.2. The van der Waals surface area contributed by atoms with Gasteiger partial charge in [-0.25, -0.2) is 0 Å². The summed E-state index contributed by atoms with van der Waals surface area (Å²) < 4.78 is 6.09. The lowest BCUT2D eigenvalue weighted by molar-refractivity contribution is 0.0727. The number of carbonyl (C=O) groups excluding carboxylic acids is 1. The average molecular weight is 427 g/mol. The summed E-state index contributed by atoms with van der Waals surface area (Å²) >= 11 is 0. The molecule has 0 spiro atoms. The van der Waals surface area contributed by atoms with Gasteiger partial charge in [-0.05, 0) is 74.1 Å². The van der Waals surface area contributed by atoms with Crippen molar-refractivity contribution in [1.29, 1.82) is 0 Å². The van der Waals surface area contributed by atoms with Gasteiger partial charge in [-0.1, -0.05) is 48.0 Å². The summed E-state index contributed by atoms with van der Waals surface area (Å²) in [6.45, 7) is 3.70. The molecule has 1 heterocycles. The molecule has 1 atom stereocenters. The Kier molecular flexibility index (Phi) is 7.34. The van der Waals surface area contributed by atoms with E-state index in [1.54, 1.807) is 6.20 Å². The van der Waals surface area contributed by atoms with Crippen molar-refractivity contribution in [3.63, 3.8) is 0 Å². The Morgan fingerprint density at radius 2 is 1.91 bits per heavy atom. The summed E-state index contributed by atoms with van der Waals surface area (Å²) in [5.41, 5.74) is 3.73. The van der Waals surface area contributed by atoms with Crippen LogP contribution in [-0.2, 0) is 13.1 Å². The van der Waals surface area contributed by atoms with Crippen molar-refractivity contribution in [3.8, 4) is 5.75 Å². The number of carbonyl (C=O) groups is 1. The van der Waals surface area contributed by atoms with Crippen LogP contribution in [0.4, 0.5) is 0 Å². The predicted octanol–water partition coefficient (Wildman–Crippen LogP) is 5.97. The number of pyridine rings is 1. The van der Waals surface area contributed by atoms with Gasteiger partial charge >= 0.3 is 0 Å². The molecule has 1 aliphatic rings. The number of hydrogen-bond donors (Lipinski definition) is 0. The van der Waals surface area contributed by atoms with E-state index in [0.29, 0.717) is 24.6 Å². The Labute approximate surface area is 190 Å². The summed E-state index contributed by atoms with van der Waals surface area (Å²) in [4.78, 5) is 19.6. The van der Waals surface area contributed by atoms with Crippen molar-refractivity contribution in [2.75, 3.05) is 6.61 Å². The molecular formula is C28H30N2O2. The number of amides is 1. The van der Waals surface area contributed by atoms with E-state index in [2.05, 4.69) is 17.1 Å². The minimum absolute atomic E-state index is 0.00373. The van der Waals surface area contributed by atoms with E-state index in [0.717, 1.165) is 42.0 Å². The number of hydrogen-bond acceptors (Lipinski definition) is 3. The third-order valence-corrected chi connectivity index (χ3v) is 5.80. The maximum Gasteiger partial charge on any atom is 0.254 e. The minimum atomic E-state index is -0.00373. The average Bonchev–Trinajstić information content (AvgIpc) is 2.84. The van der Waals surface area contributed by atoms with Gasteiger partial charge in [0.2, 0.25) is 0 Å². The number of ether oxygens (including phenoxy) is 1. The molecule has 0 N–H and O–H groups in total. The van der Waals surface area contributed by atoms with E-state index in [-0.39, 0.29) is 5.91 Å². The standard InChI is InChI=1S/C28H30N2O2/c1-22-13-15-25(16-14-22)28(31)30(20-26-11-5-6-17-29-26)19-24-10-7-12-27(18-24)32-21-23-8-3-2-4-9-23/h2-3,5-7,10-18,23H,4,8-9,19-21H2,1H3. The van der Waals surface area contributed by atoms with Crippen molar-refractivity contribution in [2.45, 2.75) is 39.3 Å². The van der Waals surface area contributed by atoms with Crippen LogP contribution in [0.15, 0.2) is 85.1 Å². The normalized spacial score (nSPS) is 15.3. The number of allylic oxidation sites excluding steroid dienone is 2. The zero-order valence-electron chi connectivity index (χ0n) is 18.6. The van der Waals surface area contributed by atoms with Crippen LogP contribution in [0.25, 0.3) is 0 Å². The topological polar surface area (TPSA) is 42.4 Å². The molecule has 4 rings (SSSR count). The first-order valence-corrected chi connectivity index (χ1v) is 11.3. The van der Waals surface area contributed by atoms with E-state index >= 15 is 0 Å². The van der Waals surface area contributed by atoms with Crippen LogP contribution < -0.4 is 4.74 Å². The fourth-order valence-corrected chi connectivity index (χ4v) is 3.94. The second-order valence-corrected chi connectivity index (χ2v) is 8.46. The molecule has 2 aromatic carbocycles. The second kappa shape index (κ2) is 10.8. The van der Waals surface area contributed by atoms with E-state index in [1.807, 2.05) is 78.6 Å². The number of benzene rings is 2. The van der Waals surface area contributed by atoms with Crippen molar-refractivity contribution in [1.82, 2.24) is 9.88 Å². The SMILES string of the molecule is Cc1ccc(C(=O)N(Cc2cccc(OCC3CC=CCC3)c2)Cc2ccccn2)cc1. The summed E-state index contributed by atoms with van der Waals surface area (Å²) in [6, 6.07) is 21.6. The van der Waals surface area contributed by atoms with E-state index in [4.69, 9.17) is 4.74 Å². The number of aromatic nitrogens is 1. The highest BCUT2D eigenvalue weighted by molar-refractivity contribution is 5.94. The van der Waals surface area contributed by atoms with Gasteiger partial charge in [-0.15, -0.1) is 0 Å². The lowest BCUT2D eigenvalue weighted by Crippen LogP contribution is -2.30. The molecular weight excluding hydrogens is 396 g/mol. The lowest BCUT2D eigenvalue weighted by Gasteiger charge is -2.23. The maximum atomic E-state index is 13.3. The summed E-state index contributed by atoms with van der Waals surface area (Å²) in [6.07, 6.45) is 9.66. The van der Waals surface area contributed by atoms with Gasteiger partial charge in [0, 0.05) is 18.3 Å². The molecule has 1 aromatic heterocycles. The molecule has 0 radical (unpaired) electrons. The molecule has 32 heavy (non-hydrogen) atoms. The van der Waals surface area contributed by atoms with Crippen molar-refractivity contribution in [2.24, 2.45) is 5.92 Å². The third-order valence-electron chi connectivity index (χ3n) is 5.80. The van der Waals surface area contributed by atoms with Gasteiger partial charge < -0.3 is 9.64 Å². The van der Waals surface area contributed by atoms with Gasteiger partial charge in [-0.3, -0.25) is 9.78 Å². The fourth-order valence-electron chi connectivity index (χ4n) is 3.94. The first-order valence-electron chi connectivity index (χ1n) is 11.3. The molecule has 4 nitrogen and oxygen atoms in total. The Morgan fingerprint density at radius 1 is 1.03 bits per heavy atom. The molecule has 1 aliphatic carbocycles. The highest BCUT2D eigenvalue weighted by Crippen LogP contribution is 2.22. The largest absolute Gasteiger partial charge is 0.493 e. The van der Waals surface area contributed by atoms with Crippen LogP contribution in [0.2, 0.25) is 0 Å². The van der Waals surface area contributed by atoms with Gasteiger partial charge in [0.1, 0.15) is 5.75 Å². The molecule has 1 unspecified atom stereocenters. The van der Waals surface area contributed by atoms with Gasteiger partial charge in [0.05, 0.1) is 18.8 Å². The Hall–Kier alpha value is -3.40. The van der Waals surface area contributed by atoms with Crippen molar-refractivity contribution >= 4 is 5.91 Å². The van der Waals surface area contributed by atoms with Crippen LogP contribution >= 0.6 is 0 Å². The molecule has 1 amide bonds. The molecule has 4 heteroatoms. The van der Waals surface area contributed by atoms with Gasteiger partial charge in [-0.2, -0.15) is 0 Å². The number of rotatable bonds is 8. The maximum absolute atomic E-state index is 13.3. The van der Waals surface area contributed by atoms with Crippen LogP contribution in [0.3, 0.4) is 0 Å². The van der Waals surface area contributed by atoms with Crippen molar-refractivity contribution < 1.29 is 9.53 Å². The molecule has 0 saturated carbocycles. The zero-order valence-corrected chi connectivity index (χ0v) is 18.6. The minimum Gasteiger partial charge on any atom is -0.493 e. The summed E-state index contributed by atoms with van der Waals surface area (Å²) in [7, 11) is 0. The van der Waals surface area contributed by atoms with E-state index in [1.165, 1.54) is 6.42 Å². The predicted molar refractivity (Wildman–Crippen MR) is 127 cm³/mol. The molecule has 0 aliphatic heterocycles. The van der Waals surface area contributed by atoms with Gasteiger partial charge in [0.15, 0.2) is 0 Å². The highest BCUT2D eigenvalue weighted by atomic mass is 16.5. The lowest BCUT2D eigenvalue weighted by atomic mass is 9.95. The van der Waals surface area contributed by atoms with Crippen LogP contribution in [0.1, 0.15) is 46.4 Å². The van der Waals surface area contributed by atoms with Crippen LogP contribution in [0, 0.1) is 12.8 Å².